The second-order valence-electron chi connectivity index (χ2n) is 9.44. The Labute approximate surface area is 195 Å². The Morgan fingerprint density at radius 3 is 2.24 bits per heavy atom. The third-order valence-corrected chi connectivity index (χ3v) is 8.24. The number of benzene rings is 2. The summed E-state index contributed by atoms with van der Waals surface area (Å²) in [4.78, 5) is 27.0. The maximum atomic E-state index is 13.0. The first-order valence-electron chi connectivity index (χ1n) is 11.4. The molecule has 2 saturated heterocycles. The smallest absolute Gasteiger partial charge is 0.243 e. The van der Waals surface area contributed by atoms with E-state index in [-0.39, 0.29) is 23.1 Å². The van der Waals surface area contributed by atoms with Crippen LogP contribution in [-0.4, -0.2) is 49.1 Å². The molecule has 3 atom stereocenters. The number of nitrogens with zero attached hydrogens (tertiary/aromatic N) is 2. The van der Waals surface area contributed by atoms with Crippen LogP contribution in [0.3, 0.4) is 0 Å². The summed E-state index contributed by atoms with van der Waals surface area (Å²) < 4.78 is 27.6. The molecule has 2 aromatic carbocycles. The van der Waals surface area contributed by atoms with Crippen molar-refractivity contribution in [3.63, 3.8) is 0 Å². The fraction of sp³-hybridized carbons (Fsp3) is 0.440. The summed E-state index contributed by atoms with van der Waals surface area (Å²) in [6.07, 6.45) is 1.21. The van der Waals surface area contributed by atoms with Crippen LogP contribution in [0.25, 0.3) is 0 Å². The number of amides is 2. The van der Waals surface area contributed by atoms with Crippen molar-refractivity contribution in [2.45, 2.75) is 38.1 Å². The lowest BCUT2D eigenvalue weighted by Crippen LogP contribution is -2.42. The monoisotopic (exact) mass is 469 g/mol. The zero-order valence-corrected chi connectivity index (χ0v) is 19.9. The topological polar surface area (TPSA) is 86.8 Å². The minimum absolute atomic E-state index is 0.0366. The van der Waals surface area contributed by atoms with Crippen LogP contribution in [0.4, 0.5) is 5.69 Å². The number of nitrogens with one attached hydrogen (secondary N) is 1. The van der Waals surface area contributed by atoms with Crippen LogP contribution in [-0.2, 0) is 26.2 Å². The number of rotatable bonds is 6. The van der Waals surface area contributed by atoms with E-state index < -0.39 is 15.9 Å². The third kappa shape index (κ3) is 5.45. The van der Waals surface area contributed by atoms with Gasteiger partial charge in [-0.1, -0.05) is 44.2 Å². The van der Waals surface area contributed by atoms with E-state index >= 15 is 0 Å². The number of anilines is 1. The second kappa shape index (κ2) is 9.65. The summed E-state index contributed by atoms with van der Waals surface area (Å²) >= 11 is 0. The van der Waals surface area contributed by atoms with Crippen LogP contribution < -0.4 is 5.32 Å². The first-order valence-corrected chi connectivity index (χ1v) is 12.9. The highest BCUT2D eigenvalue weighted by molar-refractivity contribution is 7.89. The molecule has 0 aromatic heterocycles. The molecule has 176 valence electrons. The van der Waals surface area contributed by atoms with Crippen LogP contribution in [0.1, 0.15) is 32.3 Å². The van der Waals surface area contributed by atoms with Gasteiger partial charge >= 0.3 is 0 Å². The van der Waals surface area contributed by atoms with Crippen molar-refractivity contribution >= 4 is 27.5 Å². The van der Waals surface area contributed by atoms with E-state index in [2.05, 4.69) is 19.2 Å². The lowest BCUT2D eigenvalue weighted by molar-refractivity contribution is -0.128. The number of likely N-dealkylation sites (tertiary alicyclic amines) is 1. The summed E-state index contributed by atoms with van der Waals surface area (Å²) in [7, 11) is -3.56. The average Bonchev–Trinajstić information content (AvgIpc) is 3.14. The molecule has 0 saturated carbocycles. The second-order valence-corrected chi connectivity index (χ2v) is 11.4. The Balaban J connectivity index is 1.37. The number of sulfonamides is 1. The Kier molecular flexibility index (Phi) is 6.86. The largest absolute Gasteiger partial charge is 0.338 e. The number of hydrogen-bond acceptors (Lipinski definition) is 4. The predicted octanol–water partition coefficient (Wildman–Crippen LogP) is 3.34. The number of piperidine rings is 1. The fourth-order valence-corrected chi connectivity index (χ4v) is 6.49. The van der Waals surface area contributed by atoms with Gasteiger partial charge in [-0.2, -0.15) is 4.31 Å². The van der Waals surface area contributed by atoms with Crippen molar-refractivity contribution in [1.29, 1.82) is 0 Å². The van der Waals surface area contributed by atoms with E-state index in [1.165, 1.54) is 12.1 Å². The highest BCUT2D eigenvalue weighted by atomic mass is 32.2. The van der Waals surface area contributed by atoms with Gasteiger partial charge in [-0.05, 0) is 48.1 Å². The molecule has 1 N–H and O–H groups in total. The van der Waals surface area contributed by atoms with Crippen molar-refractivity contribution in [3.8, 4) is 0 Å². The van der Waals surface area contributed by atoms with E-state index in [4.69, 9.17) is 0 Å². The number of carbonyl (C=O) groups excluding carboxylic acids is 2. The van der Waals surface area contributed by atoms with Crippen molar-refractivity contribution < 1.29 is 18.0 Å². The Morgan fingerprint density at radius 1 is 0.970 bits per heavy atom. The SMILES string of the molecule is C[C@@H]1C[C@H](C)CN(S(=O)(=O)c2ccc(NC(=O)[C@H]3CC(=O)N(Cc4ccccc4)C3)cc2)C1. The molecule has 33 heavy (non-hydrogen) atoms. The van der Waals surface area contributed by atoms with Gasteiger partial charge in [-0.3, -0.25) is 9.59 Å². The molecular formula is C25H31N3O4S. The summed E-state index contributed by atoms with van der Waals surface area (Å²) in [5.74, 6) is -0.0325. The normalized spacial score (nSPS) is 24.1. The molecule has 0 radical (unpaired) electrons. The highest BCUT2D eigenvalue weighted by Crippen LogP contribution is 2.28. The van der Waals surface area contributed by atoms with Crippen LogP contribution in [0, 0.1) is 17.8 Å². The van der Waals surface area contributed by atoms with Gasteiger partial charge in [-0.15, -0.1) is 0 Å². The summed E-state index contributed by atoms with van der Waals surface area (Å²) in [6, 6.07) is 16.0. The minimum Gasteiger partial charge on any atom is -0.338 e. The van der Waals surface area contributed by atoms with Crippen molar-refractivity contribution in [2.24, 2.45) is 17.8 Å². The summed E-state index contributed by atoms with van der Waals surface area (Å²) in [5, 5.41) is 2.83. The maximum Gasteiger partial charge on any atom is 0.243 e. The molecule has 2 aliphatic rings. The minimum atomic E-state index is -3.56. The molecule has 0 spiro atoms. The van der Waals surface area contributed by atoms with Gasteiger partial charge in [0, 0.05) is 38.3 Å². The van der Waals surface area contributed by atoms with Crippen LogP contribution >= 0.6 is 0 Å². The van der Waals surface area contributed by atoms with Crippen molar-refractivity contribution in [2.75, 3.05) is 25.0 Å². The fourth-order valence-electron chi connectivity index (χ4n) is 4.81. The maximum absolute atomic E-state index is 13.0. The quantitative estimate of drug-likeness (QED) is 0.703. The number of hydrogen-bond donors (Lipinski definition) is 1. The van der Waals surface area contributed by atoms with E-state index in [0.29, 0.717) is 43.7 Å². The van der Waals surface area contributed by atoms with Crippen molar-refractivity contribution in [3.05, 3.63) is 60.2 Å². The molecular weight excluding hydrogens is 438 g/mol. The predicted molar refractivity (Wildman–Crippen MR) is 127 cm³/mol. The zero-order valence-electron chi connectivity index (χ0n) is 19.1. The number of carbonyl (C=O) groups is 2. The zero-order chi connectivity index (χ0) is 23.6. The molecule has 2 heterocycles. The molecule has 0 unspecified atom stereocenters. The summed E-state index contributed by atoms with van der Waals surface area (Å²) in [6.45, 7) is 6.07. The Morgan fingerprint density at radius 2 is 1.61 bits per heavy atom. The van der Waals surface area contributed by atoms with Gasteiger partial charge in [0.1, 0.15) is 0 Å². The van der Waals surface area contributed by atoms with Gasteiger partial charge in [0.15, 0.2) is 0 Å². The van der Waals surface area contributed by atoms with Gasteiger partial charge < -0.3 is 10.2 Å². The molecule has 2 aromatic rings. The molecule has 2 fully saturated rings. The molecule has 8 heteroatoms. The molecule has 7 nitrogen and oxygen atoms in total. The van der Waals surface area contributed by atoms with E-state index in [9.17, 15) is 18.0 Å². The first-order chi connectivity index (χ1) is 15.7. The van der Waals surface area contributed by atoms with Crippen LogP contribution in [0.2, 0.25) is 0 Å². The molecule has 2 amide bonds. The van der Waals surface area contributed by atoms with Gasteiger partial charge in [-0.25, -0.2) is 8.42 Å². The van der Waals surface area contributed by atoms with Crippen molar-refractivity contribution in [1.82, 2.24) is 9.21 Å². The van der Waals surface area contributed by atoms with Gasteiger partial charge in [0.2, 0.25) is 21.8 Å². The van der Waals surface area contributed by atoms with E-state index in [1.54, 1.807) is 21.3 Å². The molecule has 0 bridgehead atoms. The summed E-state index contributed by atoms with van der Waals surface area (Å²) in [5.41, 5.74) is 1.55. The van der Waals surface area contributed by atoms with E-state index in [1.807, 2.05) is 30.3 Å². The standard InChI is InChI=1S/C25H31N3O4S/c1-18-12-19(2)15-28(14-18)33(31,32)23-10-8-22(9-11-23)26-25(30)21-13-24(29)27(17-21)16-20-6-4-3-5-7-20/h3-11,18-19,21H,12-17H2,1-2H3,(H,26,30)/t18-,19+,21-/m0/s1. The molecule has 0 aliphatic carbocycles. The Hall–Kier alpha value is -2.71. The first kappa shape index (κ1) is 23.4. The van der Waals surface area contributed by atoms with Crippen LogP contribution in [0.15, 0.2) is 59.5 Å². The average molecular weight is 470 g/mol. The lowest BCUT2D eigenvalue weighted by Gasteiger charge is -2.34. The van der Waals surface area contributed by atoms with Gasteiger partial charge in [0.25, 0.3) is 0 Å². The van der Waals surface area contributed by atoms with E-state index in [0.717, 1.165) is 12.0 Å². The van der Waals surface area contributed by atoms with Crippen LogP contribution in [0.5, 0.6) is 0 Å². The highest BCUT2D eigenvalue weighted by Gasteiger charge is 2.35. The lowest BCUT2D eigenvalue weighted by atomic mass is 9.94. The third-order valence-electron chi connectivity index (χ3n) is 6.40. The molecule has 4 rings (SSSR count). The Bertz CT molecular complexity index is 1090. The molecule has 2 aliphatic heterocycles. The van der Waals surface area contributed by atoms with Gasteiger partial charge in [0.05, 0.1) is 10.8 Å².